The first-order valence-corrected chi connectivity index (χ1v) is 16.9. The molecule has 0 bridgehead atoms. The highest BCUT2D eigenvalue weighted by atomic mass is 14.3. The van der Waals surface area contributed by atoms with E-state index in [1.165, 1.54) is 83.5 Å². The van der Waals surface area contributed by atoms with Crippen molar-refractivity contribution < 1.29 is 0 Å². The van der Waals surface area contributed by atoms with Gasteiger partial charge in [-0.05, 0) is 104 Å². The van der Waals surface area contributed by atoms with Gasteiger partial charge in [-0.3, -0.25) is 0 Å². The summed E-state index contributed by atoms with van der Waals surface area (Å²) < 4.78 is 0. The Morgan fingerprint density at radius 2 is 0.596 bits per heavy atom. The second kappa shape index (κ2) is 10.3. The van der Waals surface area contributed by atoms with Crippen molar-refractivity contribution in [2.45, 2.75) is 26.2 Å². The van der Waals surface area contributed by atoms with Crippen LogP contribution in [0.5, 0.6) is 0 Å². The summed E-state index contributed by atoms with van der Waals surface area (Å²) in [5.74, 6) is 0. The third kappa shape index (κ3) is 4.30. The van der Waals surface area contributed by atoms with Crippen molar-refractivity contribution in [3.63, 3.8) is 0 Å². The summed E-state index contributed by atoms with van der Waals surface area (Å²) in [6.07, 6.45) is 3.04. The Morgan fingerprint density at radius 3 is 0.936 bits per heavy atom. The average molecular weight is 597 g/mol. The Bertz CT molecular complexity index is 2180. The van der Waals surface area contributed by atoms with Crippen LogP contribution >= 0.6 is 0 Å². The van der Waals surface area contributed by atoms with E-state index in [1.54, 1.807) is 16.4 Å². The van der Waals surface area contributed by atoms with Gasteiger partial charge in [0.15, 0.2) is 0 Å². The SMILES string of the molecule is Cc1cc2c3c(c1)Cc1cc(-c4ccc(-c5ccccc5)cc4)cc4c1B3c1c(cc(-c3ccc(-c5ccccc5)cc3)cc1C4)C2. The van der Waals surface area contributed by atoms with Crippen LogP contribution in [0.25, 0.3) is 44.5 Å². The van der Waals surface area contributed by atoms with Crippen molar-refractivity contribution >= 4 is 23.1 Å². The lowest BCUT2D eigenvalue weighted by Gasteiger charge is -2.40. The lowest BCUT2D eigenvalue weighted by Crippen LogP contribution is -2.64. The fourth-order valence-electron chi connectivity index (χ4n) is 8.85. The molecule has 47 heavy (non-hydrogen) atoms. The minimum absolute atomic E-state index is 0.343. The van der Waals surface area contributed by atoms with E-state index in [1.807, 2.05) is 0 Å². The van der Waals surface area contributed by atoms with Crippen LogP contribution in [-0.2, 0) is 19.3 Å². The van der Waals surface area contributed by atoms with Crippen molar-refractivity contribution in [2.75, 3.05) is 0 Å². The van der Waals surface area contributed by atoms with Gasteiger partial charge in [0.25, 0.3) is 0 Å². The monoisotopic (exact) mass is 596 g/mol. The quantitative estimate of drug-likeness (QED) is 0.178. The van der Waals surface area contributed by atoms with Gasteiger partial charge in [-0.1, -0.05) is 168 Å². The number of rotatable bonds is 4. The van der Waals surface area contributed by atoms with Crippen LogP contribution in [0.1, 0.15) is 38.9 Å². The first-order valence-electron chi connectivity index (χ1n) is 16.9. The number of hydrogen-bond acceptors (Lipinski definition) is 0. The number of aryl methyl sites for hydroxylation is 1. The van der Waals surface area contributed by atoms with Crippen LogP contribution in [0.3, 0.4) is 0 Å². The molecule has 0 N–H and O–H groups in total. The molecule has 3 aliphatic rings. The summed E-state index contributed by atoms with van der Waals surface area (Å²) in [5.41, 5.74) is 25.5. The minimum atomic E-state index is 0.343. The van der Waals surface area contributed by atoms with Crippen LogP contribution < -0.4 is 16.4 Å². The molecule has 0 atom stereocenters. The van der Waals surface area contributed by atoms with E-state index >= 15 is 0 Å². The Morgan fingerprint density at radius 1 is 0.319 bits per heavy atom. The second-order valence-electron chi connectivity index (χ2n) is 13.8. The summed E-state index contributed by atoms with van der Waals surface area (Å²) >= 11 is 0. The Balaban J connectivity index is 1.10. The molecule has 0 aromatic heterocycles. The van der Waals surface area contributed by atoms with Crippen LogP contribution in [-0.4, -0.2) is 6.71 Å². The predicted octanol–water partition coefficient (Wildman–Crippen LogP) is 8.89. The van der Waals surface area contributed by atoms with Gasteiger partial charge < -0.3 is 0 Å². The molecule has 1 heteroatoms. The molecule has 3 aliphatic heterocycles. The Kier molecular flexibility index (Phi) is 5.87. The van der Waals surface area contributed by atoms with Crippen molar-refractivity contribution in [1.29, 1.82) is 0 Å². The van der Waals surface area contributed by atoms with Crippen molar-refractivity contribution in [2.24, 2.45) is 0 Å². The topological polar surface area (TPSA) is 0 Å². The molecular weight excluding hydrogens is 563 g/mol. The lowest BCUT2D eigenvalue weighted by atomic mass is 9.28. The summed E-state index contributed by atoms with van der Waals surface area (Å²) in [7, 11) is 0. The molecule has 7 aromatic rings. The van der Waals surface area contributed by atoms with Gasteiger partial charge >= 0.3 is 0 Å². The third-order valence-electron chi connectivity index (χ3n) is 10.9. The largest absolute Gasteiger partial charge is 0.243 e. The smallest absolute Gasteiger partial charge is 0.0622 e. The predicted molar refractivity (Wildman–Crippen MR) is 199 cm³/mol. The fraction of sp³-hybridized carbons (Fsp3) is 0.0870. The standard InChI is InChI=1S/C46H33B/c1-29-20-38-26-40-22-36(34-16-12-32(13-17-34)30-8-4-2-5-9-30)24-42-28-43-25-37(35-18-14-33(15-19-35)31-10-6-3-7-11-31)23-41-27-39(21-29)44(38)47(45(40)42)46(41)43/h2-25H,26-28H2,1H3. The molecule has 0 spiro atoms. The van der Waals surface area contributed by atoms with Crippen molar-refractivity contribution in [3.05, 3.63) is 185 Å². The van der Waals surface area contributed by atoms with E-state index in [0.29, 0.717) is 6.71 Å². The zero-order valence-corrected chi connectivity index (χ0v) is 26.6. The van der Waals surface area contributed by atoms with Gasteiger partial charge in [-0.25, -0.2) is 0 Å². The minimum Gasteiger partial charge on any atom is -0.0622 e. The molecule has 0 unspecified atom stereocenters. The fourth-order valence-corrected chi connectivity index (χ4v) is 8.85. The van der Waals surface area contributed by atoms with Gasteiger partial charge in [-0.15, -0.1) is 0 Å². The molecule has 0 fully saturated rings. The van der Waals surface area contributed by atoms with E-state index in [2.05, 4.69) is 153 Å². The third-order valence-corrected chi connectivity index (χ3v) is 10.9. The average Bonchev–Trinajstić information content (AvgIpc) is 3.12. The molecule has 0 radical (unpaired) electrons. The normalized spacial score (nSPS) is 13.3. The van der Waals surface area contributed by atoms with Crippen LogP contribution in [0.15, 0.2) is 146 Å². The molecular formula is C46H33B. The second-order valence-corrected chi connectivity index (χ2v) is 13.8. The highest BCUT2D eigenvalue weighted by Gasteiger charge is 2.42. The van der Waals surface area contributed by atoms with Gasteiger partial charge in [0, 0.05) is 0 Å². The van der Waals surface area contributed by atoms with E-state index in [9.17, 15) is 0 Å². The maximum absolute atomic E-state index is 2.51. The van der Waals surface area contributed by atoms with Gasteiger partial charge in [-0.2, -0.15) is 0 Å². The van der Waals surface area contributed by atoms with Crippen molar-refractivity contribution in [3.8, 4) is 44.5 Å². The molecule has 0 saturated carbocycles. The number of benzene rings is 7. The van der Waals surface area contributed by atoms with E-state index in [0.717, 1.165) is 19.3 Å². The van der Waals surface area contributed by atoms with Gasteiger partial charge in [0.2, 0.25) is 6.71 Å². The molecule has 220 valence electrons. The highest BCUT2D eigenvalue weighted by Crippen LogP contribution is 2.35. The zero-order chi connectivity index (χ0) is 31.1. The zero-order valence-electron chi connectivity index (χ0n) is 26.6. The summed E-state index contributed by atoms with van der Waals surface area (Å²) in [6.45, 7) is 2.62. The van der Waals surface area contributed by atoms with Crippen LogP contribution in [0, 0.1) is 6.92 Å². The summed E-state index contributed by atoms with van der Waals surface area (Å²) in [4.78, 5) is 0. The Hall–Kier alpha value is -5.40. The van der Waals surface area contributed by atoms with Gasteiger partial charge in [0.1, 0.15) is 0 Å². The lowest BCUT2D eigenvalue weighted by molar-refractivity contribution is 1.09. The first kappa shape index (κ1) is 26.8. The van der Waals surface area contributed by atoms with Crippen LogP contribution in [0.2, 0.25) is 0 Å². The molecule has 0 amide bonds. The maximum Gasteiger partial charge on any atom is 0.243 e. The first-order chi connectivity index (χ1) is 23.2. The molecule has 0 saturated heterocycles. The molecule has 0 aliphatic carbocycles. The summed E-state index contributed by atoms with van der Waals surface area (Å²) in [6, 6.07) is 54.7. The Labute approximate surface area is 277 Å². The summed E-state index contributed by atoms with van der Waals surface area (Å²) in [5, 5.41) is 0. The van der Waals surface area contributed by atoms with E-state index < -0.39 is 0 Å². The van der Waals surface area contributed by atoms with Crippen LogP contribution in [0.4, 0.5) is 0 Å². The molecule has 10 rings (SSSR count). The molecule has 0 nitrogen and oxygen atoms in total. The molecule has 7 aromatic carbocycles. The van der Waals surface area contributed by atoms with Crippen molar-refractivity contribution in [1.82, 2.24) is 0 Å². The highest BCUT2D eigenvalue weighted by molar-refractivity contribution is 6.98. The van der Waals surface area contributed by atoms with Gasteiger partial charge in [0.05, 0.1) is 0 Å². The molecule has 3 heterocycles. The van der Waals surface area contributed by atoms with E-state index in [-0.39, 0.29) is 0 Å². The maximum atomic E-state index is 2.51. The number of hydrogen-bond donors (Lipinski definition) is 0. The van der Waals surface area contributed by atoms with E-state index in [4.69, 9.17) is 0 Å².